The van der Waals surface area contributed by atoms with Gasteiger partial charge in [-0.05, 0) is 55.7 Å². The minimum Gasteiger partial charge on any atom is -0.353 e. The number of fused-ring (bicyclic) bond motifs is 2. The SMILES string of the molecule is O=C(NC1CC2CCC(C1)N2)C1CC1c1cccc(Cl)c1. The summed E-state index contributed by atoms with van der Waals surface area (Å²) in [6, 6.07) is 9.53. The highest BCUT2D eigenvalue weighted by molar-refractivity contribution is 6.30. The fraction of sp³-hybridized carbons (Fsp3) is 0.588. The van der Waals surface area contributed by atoms with Crippen molar-refractivity contribution in [3.05, 3.63) is 34.9 Å². The third-order valence-electron chi connectivity index (χ3n) is 5.22. The Morgan fingerprint density at radius 1 is 1.19 bits per heavy atom. The summed E-state index contributed by atoms with van der Waals surface area (Å²) < 4.78 is 0. The second kappa shape index (κ2) is 5.29. The zero-order valence-electron chi connectivity index (χ0n) is 12.0. The first-order valence-corrected chi connectivity index (χ1v) is 8.39. The third kappa shape index (κ3) is 2.82. The first kappa shape index (κ1) is 13.6. The molecule has 3 nitrogen and oxygen atoms in total. The zero-order valence-corrected chi connectivity index (χ0v) is 12.8. The highest BCUT2D eigenvalue weighted by Gasteiger charge is 2.45. The number of carbonyl (C=O) groups excluding carboxylic acids is 1. The summed E-state index contributed by atoms with van der Waals surface area (Å²) in [5.41, 5.74) is 1.20. The van der Waals surface area contributed by atoms with Crippen LogP contribution in [-0.4, -0.2) is 24.0 Å². The molecule has 1 aliphatic carbocycles. The van der Waals surface area contributed by atoms with Gasteiger partial charge in [-0.1, -0.05) is 23.7 Å². The normalized spacial score (nSPS) is 37.3. The molecule has 0 aromatic heterocycles. The van der Waals surface area contributed by atoms with E-state index in [1.807, 2.05) is 18.2 Å². The summed E-state index contributed by atoms with van der Waals surface area (Å²) in [5.74, 6) is 0.754. The van der Waals surface area contributed by atoms with Gasteiger partial charge in [-0.3, -0.25) is 4.79 Å². The first-order chi connectivity index (χ1) is 10.2. The molecule has 2 aliphatic heterocycles. The quantitative estimate of drug-likeness (QED) is 0.901. The minimum atomic E-state index is 0.149. The number of benzene rings is 1. The fourth-order valence-corrected chi connectivity index (χ4v) is 4.27. The monoisotopic (exact) mass is 304 g/mol. The standard InChI is InChI=1S/C17H21ClN2O/c18-11-3-1-2-10(6-11)15-9-16(15)17(21)20-14-7-12-4-5-13(8-14)19-12/h1-3,6,12-16,19H,4-5,7-9H2,(H,20,21). The van der Waals surface area contributed by atoms with E-state index < -0.39 is 0 Å². The Balaban J connectivity index is 1.35. The zero-order chi connectivity index (χ0) is 14.4. The predicted molar refractivity (Wildman–Crippen MR) is 83.4 cm³/mol. The number of rotatable bonds is 3. The van der Waals surface area contributed by atoms with Crippen molar-refractivity contribution in [2.45, 2.75) is 56.1 Å². The Bertz CT molecular complexity index is 549. The molecule has 3 fully saturated rings. The molecule has 1 amide bonds. The third-order valence-corrected chi connectivity index (χ3v) is 5.46. The van der Waals surface area contributed by atoms with Gasteiger partial charge in [0.15, 0.2) is 0 Å². The smallest absolute Gasteiger partial charge is 0.223 e. The van der Waals surface area contributed by atoms with Crippen molar-refractivity contribution in [2.75, 3.05) is 0 Å². The van der Waals surface area contributed by atoms with Gasteiger partial charge in [0.1, 0.15) is 0 Å². The molecule has 4 rings (SSSR count). The fourth-order valence-electron chi connectivity index (χ4n) is 4.07. The van der Waals surface area contributed by atoms with Crippen molar-refractivity contribution >= 4 is 17.5 Å². The Morgan fingerprint density at radius 2 is 1.95 bits per heavy atom. The molecule has 0 radical (unpaired) electrons. The molecule has 4 atom stereocenters. The summed E-state index contributed by atoms with van der Waals surface area (Å²) in [4.78, 5) is 12.4. The van der Waals surface area contributed by atoms with E-state index in [1.54, 1.807) is 0 Å². The van der Waals surface area contributed by atoms with Gasteiger partial charge in [0, 0.05) is 29.1 Å². The Labute approximate surface area is 130 Å². The van der Waals surface area contributed by atoms with Gasteiger partial charge in [-0.25, -0.2) is 0 Å². The van der Waals surface area contributed by atoms with Crippen molar-refractivity contribution < 1.29 is 4.79 Å². The van der Waals surface area contributed by atoms with E-state index in [0.29, 0.717) is 24.0 Å². The van der Waals surface area contributed by atoms with E-state index in [2.05, 4.69) is 16.7 Å². The van der Waals surface area contributed by atoms with Crippen LogP contribution in [0.15, 0.2) is 24.3 Å². The number of amides is 1. The molecule has 2 heterocycles. The number of piperidine rings is 1. The lowest BCUT2D eigenvalue weighted by molar-refractivity contribution is -0.123. The average molecular weight is 305 g/mol. The number of nitrogens with one attached hydrogen (secondary N) is 2. The molecule has 1 aromatic rings. The highest BCUT2D eigenvalue weighted by atomic mass is 35.5. The molecule has 0 spiro atoms. The number of halogens is 1. The molecular weight excluding hydrogens is 284 g/mol. The summed E-state index contributed by atoms with van der Waals surface area (Å²) >= 11 is 6.03. The maximum absolute atomic E-state index is 12.4. The van der Waals surface area contributed by atoms with E-state index >= 15 is 0 Å². The van der Waals surface area contributed by atoms with Gasteiger partial charge < -0.3 is 10.6 Å². The molecular formula is C17H21ClN2O. The van der Waals surface area contributed by atoms with Crippen LogP contribution < -0.4 is 10.6 Å². The molecule has 4 unspecified atom stereocenters. The summed E-state index contributed by atoms with van der Waals surface area (Å²) in [6.45, 7) is 0. The van der Waals surface area contributed by atoms with Crippen LogP contribution in [0.5, 0.6) is 0 Å². The van der Waals surface area contributed by atoms with Crippen LogP contribution in [0.3, 0.4) is 0 Å². The topological polar surface area (TPSA) is 41.1 Å². The molecule has 3 aliphatic rings. The van der Waals surface area contributed by atoms with Crippen LogP contribution in [0.25, 0.3) is 0 Å². The molecule has 2 bridgehead atoms. The number of hydrogen-bond acceptors (Lipinski definition) is 2. The van der Waals surface area contributed by atoms with E-state index in [4.69, 9.17) is 11.6 Å². The summed E-state index contributed by atoms with van der Waals surface area (Å²) in [6.07, 6.45) is 5.69. The Kier molecular flexibility index (Phi) is 3.43. The minimum absolute atomic E-state index is 0.149. The van der Waals surface area contributed by atoms with Gasteiger partial charge in [0.05, 0.1) is 0 Å². The van der Waals surface area contributed by atoms with Crippen LogP contribution in [-0.2, 0) is 4.79 Å². The predicted octanol–water partition coefficient (Wildman–Crippen LogP) is 2.84. The average Bonchev–Trinajstić information content (AvgIpc) is 3.19. The van der Waals surface area contributed by atoms with Crippen LogP contribution in [0, 0.1) is 5.92 Å². The van der Waals surface area contributed by atoms with Crippen molar-refractivity contribution in [2.24, 2.45) is 5.92 Å². The first-order valence-electron chi connectivity index (χ1n) is 8.01. The maximum atomic E-state index is 12.4. The van der Waals surface area contributed by atoms with Crippen LogP contribution in [0.4, 0.5) is 0 Å². The number of carbonyl (C=O) groups is 1. The Morgan fingerprint density at radius 3 is 2.67 bits per heavy atom. The van der Waals surface area contributed by atoms with Gasteiger partial charge in [0.2, 0.25) is 5.91 Å². The van der Waals surface area contributed by atoms with E-state index in [0.717, 1.165) is 24.3 Å². The lowest BCUT2D eigenvalue weighted by Crippen LogP contribution is -2.48. The van der Waals surface area contributed by atoms with Crippen molar-refractivity contribution in [3.63, 3.8) is 0 Å². The van der Waals surface area contributed by atoms with Crippen LogP contribution >= 0.6 is 11.6 Å². The second-order valence-electron chi connectivity index (χ2n) is 6.82. The molecule has 4 heteroatoms. The van der Waals surface area contributed by atoms with Crippen molar-refractivity contribution in [1.82, 2.24) is 10.6 Å². The summed E-state index contributed by atoms with van der Waals surface area (Å²) in [7, 11) is 0. The van der Waals surface area contributed by atoms with E-state index in [-0.39, 0.29) is 11.8 Å². The number of hydrogen-bond donors (Lipinski definition) is 2. The maximum Gasteiger partial charge on any atom is 0.223 e. The van der Waals surface area contributed by atoms with Crippen molar-refractivity contribution in [3.8, 4) is 0 Å². The second-order valence-corrected chi connectivity index (χ2v) is 7.25. The lowest BCUT2D eigenvalue weighted by atomic mass is 9.99. The molecule has 112 valence electrons. The van der Waals surface area contributed by atoms with E-state index in [1.165, 1.54) is 18.4 Å². The van der Waals surface area contributed by atoms with Crippen molar-refractivity contribution in [1.29, 1.82) is 0 Å². The molecule has 21 heavy (non-hydrogen) atoms. The van der Waals surface area contributed by atoms with Crippen LogP contribution in [0.2, 0.25) is 5.02 Å². The largest absolute Gasteiger partial charge is 0.353 e. The molecule has 2 N–H and O–H groups in total. The van der Waals surface area contributed by atoms with E-state index in [9.17, 15) is 4.79 Å². The molecule has 1 saturated carbocycles. The molecule has 1 aromatic carbocycles. The highest BCUT2D eigenvalue weighted by Crippen LogP contribution is 2.48. The van der Waals surface area contributed by atoms with Gasteiger partial charge >= 0.3 is 0 Å². The van der Waals surface area contributed by atoms with Gasteiger partial charge in [0.25, 0.3) is 0 Å². The summed E-state index contributed by atoms with van der Waals surface area (Å²) in [5, 5.41) is 7.66. The van der Waals surface area contributed by atoms with Crippen LogP contribution in [0.1, 0.15) is 43.6 Å². The van der Waals surface area contributed by atoms with Gasteiger partial charge in [-0.2, -0.15) is 0 Å². The lowest BCUT2D eigenvalue weighted by Gasteiger charge is -2.29. The Hall–Kier alpha value is -1.06. The molecule has 2 saturated heterocycles. The van der Waals surface area contributed by atoms with Gasteiger partial charge in [-0.15, -0.1) is 0 Å².